The van der Waals surface area contributed by atoms with Crippen LogP contribution in [0.1, 0.15) is 57.1 Å². The molecule has 0 bridgehead atoms. The lowest BCUT2D eigenvalue weighted by atomic mass is 9.98. The molecule has 0 heterocycles. The number of hydrogen-bond donors (Lipinski definition) is 3. The van der Waals surface area contributed by atoms with Crippen LogP contribution >= 0.6 is 0 Å². The number of hydrogen-bond acceptors (Lipinski definition) is 5. The molecule has 0 saturated carbocycles. The minimum atomic E-state index is -1.13. The van der Waals surface area contributed by atoms with Crippen molar-refractivity contribution in [1.82, 2.24) is 10.6 Å². The highest BCUT2D eigenvalue weighted by atomic mass is 16.6. The van der Waals surface area contributed by atoms with Gasteiger partial charge in [-0.3, -0.25) is 0 Å². The summed E-state index contributed by atoms with van der Waals surface area (Å²) in [7, 11) is 0. The Labute approximate surface area is 199 Å². The largest absolute Gasteiger partial charge is 0.480 e. The van der Waals surface area contributed by atoms with Crippen LogP contribution in [0.5, 0.6) is 0 Å². The van der Waals surface area contributed by atoms with Gasteiger partial charge in [-0.1, -0.05) is 48.5 Å². The zero-order valence-electron chi connectivity index (χ0n) is 19.8. The number of unbranched alkanes of at least 4 members (excludes halogenated alkanes) is 1. The van der Waals surface area contributed by atoms with Crippen molar-refractivity contribution in [2.45, 2.75) is 57.6 Å². The monoisotopic (exact) mass is 468 g/mol. The fraction of sp³-hybridized carbons (Fsp3) is 0.423. The summed E-state index contributed by atoms with van der Waals surface area (Å²) in [6.45, 7) is 5.80. The maximum atomic E-state index is 12.4. The number of rotatable bonds is 9. The van der Waals surface area contributed by atoms with E-state index in [0.717, 1.165) is 22.3 Å². The first-order valence-corrected chi connectivity index (χ1v) is 11.5. The number of benzene rings is 2. The number of carboxylic acids is 1. The quantitative estimate of drug-likeness (QED) is 0.461. The highest BCUT2D eigenvalue weighted by Gasteiger charge is 2.29. The number of amides is 2. The zero-order chi connectivity index (χ0) is 24.7. The molecular weight excluding hydrogens is 436 g/mol. The van der Waals surface area contributed by atoms with Crippen LogP contribution in [0, 0.1) is 0 Å². The normalized spacial score (nSPS) is 13.4. The number of fused-ring (bicyclic) bond motifs is 3. The Balaban J connectivity index is 1.46. The maximum absolute atomic E-state index is 12.4. The van der Waals surface area contributed by atoms with Crippen molar-refractivity contribution in [2.24, 2.45) is 0 Å². The summed E-state index contributed by atoms with van der Waals surface area (Å²) in [5.74, 6) is -1.23. The SMILES string of the molecule is CC(C)(C)OC(=O)NCCCC[C@@H](NC(=O)OCC1c2ccccc2-c2ccccc21)C(=O)O. The third-order valence-electron chi connectivity index (χ3n) is 5.52. The van der Waals surface area contributed by atoms with Gasteiger partial charge in [0.2, 0.25) is 0 Å². The first-order valence-electron chi connectivity index (χ1n) is 11.5. The van der Waals surface area contributed by atoms with Gasteiger partial charge in [0.15, 0.2) is 0 Å². The standard InChI is InChI=1S/C26H32N2O6/c1-26(2,3)34-24(31)27-15-9-8-14-22(23(29)30)28-25(32)33-16-21-19-12-6-4-10-17(19)18-11-5-7-13-20(18)21/h4-7,10-13,21-22H,8-9,14-16H2,1-3H3,(H,27,31)(H,28,32)(H,29,30)/t22-/m1/s1. The lowest BCUT2D eigenvalue weighted by Gasteiger charge is -2.20. The molecule has 1 aliphatic rings. The lowest BCUT2D eigenvalue weighted by Crippen LogP contribution is -2.41. The second-order valence-corrected chi connectivity index (χ2v) is 9.29. The van der Waals surface area contributed by atoms with Crippen LogP contribution < -0.4 is 10.6 Å². The van der Waals surface area contributed by atoms with Crippen LogP contribution in [0.3, 0.4) is 0 Å². The van der Waals surface area contributed by atoms with Crippen LogP contribution in [0.25, 0.3) is 11.1 Å². The Morgan fingerprint density at radius 3 is 2.09 bits per heavy atom. The minimum Gasteiger partial charge on any atom is -0.480 e. The summed E-state index contributed by atoms with van der Waals surface area (Å²) in [5, 5.41) is 14.6. The van der Waals surface area contributed by atoms with E-state index < -0.39 is 29.8 Å². The molecule has 0 unspecified atom stereocenters. The van der Waals surface area contributed by atoms with E-state index in [1.54, 1.807) is 20.8 Å². The van der Waals surface area contributed by atoms with Gasteiger partial charge in [0.1, 0.15) is 18.2 Å². The molecule has 0 spiro atoms. The van der Waals surface area contributed by atoms with Gasteiger partial charge < -0.3 is 25.2 Å². The summed E-state index contributed by atoms with van der Waals surface area (Å²) in [5.41, 5.74) is 3.84. The summed E-state index contributed by atoms with van der Waals surface area (Å²) >= 11 is 0. The fourth-order valence-corrected chi connectivity index (χ4v) is 4.02. The van der Waals surface area contributed by atoms with E-state index in [2.05, 4.69) is 10.6 Å². The van der Waals surface area contributed by atoms with Gasteiger partial charge in [-0.15, -0.1) is 0 Å². The summed E-state index contributed by atoms with van der Waals surface area (Å²) in [4.78, 5) is 35.6. The van der Waals surface area contributed by atoms with Crippen LogP contribution in [0.4, 0.5) is 9.59 Å². The van der Waals surface area contributed by atoms with E-state index >= 15 is 0 Å². The van der Waals surface area contributed by atoms with E-state index in [1.807, 2.05) is 48.5 Å². The van der Waals surface area contributed by atoms with Crippen molar-refractivity contribution < 1.29 is 29.0 Å². The smallest absolute Gasteiger partial charge is 0.407 e. The first-order chi connectivity index (χ1) is 16.2. The molecule has 1 atom stereocenters. The third-order valence-corrected chi connectivity index (χ3v) is 5.52. The molecule has 34 heavy (non-hydrogen) atoms. The van der Waals surface area contributed by atoms with Crippen LogP contribution in [0.2, 0.25) is 0 Å². The number of carbonyl (C=O) groups excluding carboxylic acids is 2. The highest BCUT2D eigenvalue weighted by molar-refractivity contribution is 5.81. The summed E-state index contributed by atoms with van der Waals surface area (Å²) in [6.07, 6.45) is -0.0124. The molecule has 3 rings (SSSR count). The van der Waals surface area contributed by atoms with Gasteiger partial charge in [-0.2, -0.15) is 0 Å². The molecule has 0 fully saturated rings. The highest BCUT2D eigenvalue weighted by Crippen LogP contribution is 2.44. The molecule has 3 N–H and O–H groups in total. The van der Waals surface area contributed by atoms with Crippen molar-refractivity contribution in [3.05, 3.63) is 59.7 Å². The van der Waals surface area contributed by atoms with E-state index in [4.69, 9.17) is 9.47 Å². The zero-order valence-corrected chi connectivity index (χ0v) is 19.8. The molecular formula is C26H32N2O6. The van der Waals surface area contributed by atoms with Crippen molar-refractivity contribution in [2.75, 3.05) is 13.2 Å². The summed E-state index contributed by atoms with van der Waals surface area (Å²) < 4.78 is 10.6. The molecule has 0 radical (unpaired) electrons. The number of nitrogens with one attached hydrogen (secondary N) is 2. The minimum absolute atomic E-state index is 0.0969. The maximum Gasteiger partial charge on any atom is 0.407 e. The van der Waals surface area contributed by atoms with Crippen LogP contribution in [0.15, 0.2) is 48.5 Å². The second kappa shape index (κ2) is 11.0. The number of aliphatic carboxylic acids is 1. The molecule has 0 aliphatic heterocycles. The van der Waals surface area contributed by atoms with E-state index in [-0.39, 0.29) is 18.9 Å². The number of ether oxygens (including phenoxy) is 2. The molecule has 0 aromatic heterocycles. The average molecular weight is 469 g/mol. The fourth-order valence-electron chi connectivity index (χ4n) is 4.02. The van der Waals surface area contributed by atoms with E-state index in [0.29, 0.717) is 19.4 Å². The van der Waals surface area contributed by atoms with Crippen LogP contribution in [-0.2, 0) is 14.3 Å². The molecule has 2 aromatic rings. The van der Waals surface area contributed by atoms with Crippen molar-refractivity contribution in [3.63, 3.8) is 0 Å². The molecule has 2 amide bonds. The van der Waals surface area contributed by atoms with Gasteiger partial charge in [0, 0.05) is 12.5 Å². The molecule has 8 nitrogen and oxygen atoms in total. The topological polar surface area (TPSA) is 114 Å². The first kappa shape index (κ1) is 25.1. The lowest BCUT2D eigenvalue weighted by molar-refractivity contribution is -0.139. The molecule has 0 saturated heterocycles. The molecule has 2 aromatic carbocycles. The number of carboxylic acid groups (broad SMARTS) is 1. The summed E-state index contributed by atoms with van der Waals surface area (Å²) in [6, 6.07) is 14.9. The predicted octanol–water partition coefficient (Wildman–Crippen LogP) is 4.67. The van der Waals surface area contributed by atoms with E-state index in [9.17, 15) is 19.5 Å². The van der Waals surface area contributed by atoms with E-state index in [1.165, 1.54) is 0 Å². The Hall–Kier alpha value is -3.55. The molecule has 1 aliphatic carbocycles. The number of carbonyl (C=O) groups is 3. The molecule has 182 valence electrons. The Kier molecular flexibility index (Phi) is 8.15. The van der Waals surface area contributed by atoms with Gasteiger partial charge in [-0.05, 0) is 62.3 Å². The Bertz CT molecular complexity index is 984. The Morgan fingerprint density at radius 2 is 1.53 bits per heavy atom. The molecule has 8 heteroatoms. The number of alkyl carbamates (subject to hydrolysis) is 2. The van der Waals surface area contributed by atoms with Gasteiger partial charge in [-0.25, -0.2) is 14.4 Å². The van der Waals surface area contributed by atoms with Gasteiger partial charge >= 0.3 is 18.2 Å². The van der Waals surface area contributed by atoms with Crippen molar-refractivity contribution in [1.29, 1.82) is 0 Å². The average Bonchev–Trinajstić information content (AvgIpc) is 3.09. The second-order valence-electron chi connectivity index (χ2n) is 9.29. The predicted molar refractivity (Wildman–Crippen MR) is 128 cm³/mol. The Morgan fingerprint density at radius 1 is 0.941 bits per heavy atom. The van der Waals surface area contributed by atoms with Crippen LogP contribution in [-0.4, -0.2) is 48.1 Å². The van der Waals surface area contributed by atoms with Crippen molar-refractivity contribution in [3.8, 4) is 11.1 Å². The van der Waals surface area contributed by atoms with Gasteiger partial charge in [0.05, 0.1) is 0 Å². The third kappa shape index (κ3) is 6.73. The van der Waals surface area contributed by atoms with Crippen molar-refractivity contribution >= 4 is 18.2 Å². The van der Waals surface area contributed by atoms with Gasteiger partial charge in [0.25, 0.3) is 0 Å².